The van der Waals surface area contributed by atoms with Gasteiger partial charge in [0.1, 0.15) is 5.60 Å². The van der Waals surface area contributed by atoms with Crippen LogP contribution in [0.4, 0.5) is 4.79 Å². The first-order valence-electron chi connectivity index (χ1n) is 6.08. The van der Waals surface area contributed by atoms with Crippen molar-refractivity contribution in [3.8, 4) is 0 Å². The van der Waals surface area contributed by atoms with E-state index < -0.39 is 17.3 Å². The Morgan fingerprint density at radius 3 is 2.76 bits per heavy atom. The maximum Gasteiger partial charge on any atom is 0.407 e. The summed E-state index contributed by atoms with van der Waals surface area (Å²) in [6.45, 7) is 5.96. The van der Waals surface area contributed by atoms with Gasteiger partial charge in [-0.15, -0.1) is 0 Å². The molecule has 1 atom stereocenters. The van der Waals surface area contributed by atoms with E-state index >= 15 is 0 Å². The van der Waals surface area contributed by atoms with E-state index in [0.29, 0.717) is 13.0 Å². The molecule has 0 aromatic heterocycles. The van der Waals surface area contributed by atoms with Gasteiger partial charge in [-0.2, -0.15) is 11.8 Å². The summed E-state index contributed by atoms with van der Waals surface area (Å²) in [7, 11) is 0. The number of hydrogen-bond donors (Lipinski definition) is 2. The van der Waals surface area contributed by atoms with E-state index in [4.69, 9.17) is 4.74 Å². The summed E-state index contributed by atoms with van der Waals surface area (Å²) >= 11 is 1.78. The van der Waals surface area contributed by atoms with Gasteiger partial charge in [0.25, 0.3) is 0 Å². The summed E-state index contributed by atoms with van der Waals surface area (Å²) in [6, 6.07) is 0. The number of hydrogen-bond acceptors (Lipinski definition) is 4. The molecule has 0 aliphatic carbocycles. The van der Waals surface area contributed by atoms with Crippen LogP contribution >= 0.6 is 11.8 Å². The molecule has 0 aromatic rings. The number of ether oxygens (including phenoxy) is 1. The fourth-order valence-corrected chi connectivity index (χ4v) is 2.91. The Morgan fingerprint density at radius 2 is 2.24 bits per heavy atom. The fraction of sp³-hybridized carbons (Fsp3) is 0.917. The van der Waals surface area contributed by atoms with Crippen LogP contribution < -0.4 is 5.32 Å². The number of carbonyl (C=O) groups excluding carboxylic acids is 1. The normalized spacial score (nSPS) is 25.4. The predicted molar refractivity (Wildman–Crippen MR) is 70.4 cm³/mol. The highest BCUT2D eigenvalue weighted by atomic mass is 32.2. The molecular formula is C12H23NO3S. The van der Waals surface area contributed by atoms with Gasteiger partial charge in [0.15, 0.2) is 0 Å². The highest BCUT2D eigenvalue weighted by Crippen LogP contribution is 2.28. The Bertz CT molecular complexity index is 257. The van der Waals surface area contributed by atoms with Crippen molar-refractivity contribution in [1.29, 1.82) is 0 Å². The lowest BCUT2D eigenvalue weighted by Crippen LogP contribution is -2.40. The van der Waals surface area contributed by atoms with Crippen LogP contribution in [0.2, 0.25) is 0 Å². The summed E-state index contributed by atoms with van der Waals surface area (Å²) in [5, 5.41) is 12.9. The Hall–Kier alpha value is -0.420. The molecule has 1 fully saturated rings. The molecule has 4 nitrogen and oxygen atoms in total. The van der Waals surface area contributed by atoms with E-state index in [-0.39, 0.29) is 0 Å². The smallest absolute Gasteiger partial charge is 0.407 e. The maximum absolute atomic E-state index is 11.4. The largest absolute Gasteiger partial charge is 0.444 e. The van der Waals surface area contributed by atoms with Crippen LogP contribution in [0.1, 0.15) is 40.0 Å². The van der Waals surface area contributed by atoms with Crippen molar-refractivity contribution in [3.63, 3.8) is 0 Å². The molecule has 1 saturated heterocycles. The Kier molecular flexibility index (Phi) is 5.13. The number of carbonyl (C=O) groups is 1. The van der Waals surface area contributed by atoms with Gasteiger partial charge in [-0.1, -0.05) is 0 Å². The third-order valence-corrected chi connectivity index (χ3v) is 3.88. The van der Waals surface area contributed by atoms with Gasteiger partial charge in [0.05, 0.1) is 5.60 Å². The van der Waals surface area contributed by atoms with E-state index in [1.165, 1.54) is 0 Å². The molecule has 5 heteroatoms. The van der Waals surface area contributed by atoms with Crippen LogP contribution in [-0.2, 0) is 4.74 Å². The van der Waals surface area contributed by atoms with Gasteiger partial charge in [0.2, 0.25) is 0 Å². The topological polar surface area (TPSA) is 58.6 Å². The Morgan fingerprint density at radius 1 is 1.53 bits per heavy atom. The number of aliphatic hydroxyl groups is 1. The Balaban J connectivity index is 2.20. The van der Waals surface area contributed by atoms with Crippen molar-refractivity contribution in [1.82, 2.24) is 5.32 Å². The number of rotatable bonds is 3. The third kappa shape index (κ3) is 6.17. The summed E-state index contributed by atoms with van der Waals surface area (Å²) < 4.78 is 5.12. The monoisotopic (exact) mass is 261 g/mol. The summed E-state index contributed by atoms with van der Waals surface area (Å²) in [5.74, 6) is 1.89. The third-order valence-electron chi connectivity index (χ3n) is 2.56. The van der Waals surface area contributed by atoms with Gasteiger partial charge >= 0.3 is 6.09 Å². The lowest BCUT2D eigenvalue weighted by molar-refractivity contribution is 0.0369. The van der Waals surface area contributed by atoms with Gasteiger partial charge in [-0.25, -0.2) is 4.79 Å². The minimum atomic E-state index is -0.613. The molecule has 1 heterocycles. The lowest BCUT2D eigenvalue weighted by atomic mass is 9.96. The average molecular weight is 261 g/mol. The van der Waals surface area contributed by atoms with E-state index in [2.05, 4.69) is 5.32 Å². The molecule has 17 heavy (non-hydrogen) atoms. The second-order valence-corrected chi connectivity index (χ2v) is 6.66. The van der Waals surface area contributed by atoms with Crippen LogP contribution in [0.3, 0.4) is 0 Å². The number of amides is 1. The standard InChI is InChI=1S/C12H23NO3S/c1-11(2,3)16-10(14)13-7-6-12(15)5-4-8-17-9-12/h15H,4-9H2,1-3H3,(H,13,14). The van der Waals surface area contributed by atoms with E-state index in [0.717, 1.165) is 24.3 Å². The summed E-state index contributed by atoms with van der Waals surface area (Å²) in [6.07, 6.45) is 2.06. The molecule has 0 radical (unpaired) electrons. The Labute approximate surface area is 107 Å². The zero-order valence-corrected chi connectivity index (χ0v) is 11.7. The molecule has 1 aliphatic heterocycles. The molecule has 0 saturated carbocycles. The van der Waals surface area contributed by atoms with Crippen molar-refractivity contribution in [2.24, 2.45) is 0 Å². The molecular weight excluding hydrogens is 238 g/mol. The molecule has 1 amide bonds. The number of alkyl carbamates (subject to hydrolysis) is 1. The average Bonchev–Trinajstić information content (AvgIpc) is 2.15. The van der Waals surface area contributed by atoms with Crippen molar-refractivity contribution < 1.29 is 14.6 Å². The van der Waals surface area contributed by atoms with Gasteiger partial charge in [-0.3, -0.25) is 0 Å². The van der Waals surface area contributed by atoms with Gasteiger partial charge < -0.3 is 15.2 Å². The van der Waals surface area contributed by atoms with Crippen LogP contribution in [0.15, 0.2) is 0 Å². The van der Waals surface area contributed by atoms with E-state index in [9.17, 15) is 9.90 Å². The van der Waals surface area contributed by atoms with Crippen molar-refractivity contribution in [2.75, 3.05) is 18.1 Å². The van der Waals surface area contributed by atoms with Crippen molar-refractivity contribution in [3.05, 3.63) is 0 Å². The maximum atomic E-state index is 11.4. The molecule has 2 N–H and O–H groups in total. The minimum Gasteiger partial charge on any atom is -0.444 e. The zero-order valence-electron chi connectivity index (χ0n) is 10.9. The highest BCUT2D eigenvalue weighted by Gasteiger charge is 2.29. The molecule has 0 bridgehead atoms. The SMILES string of the molecule is CC(C)(C)OC(=O)NCCC1(O)CCCSC1. The van der Waals surface area contributed by atoms with Crippen LogP contribution in [0, 0.1) is 0 Å². The minimum absolute atomic E-state index is 0.412. The van der Waals surface area contributed by atoms with Gasteiger partial charge in [-0.05, 0) is 45.8 Å². The van der Waals surface area contributed by atoms with Gasteiger partial charge in [0, 0.05) is 12.3 Å². The quantitative estimate of drug-likeness (QED) is 0.817. The first kappa shape index (κ1) is 14.6. The first-order chi connectivity index (χ1) is 7.81. The van der Waals surface area contributed by atoms with Crippen molar-refractivity contribution in [2.45, 2.75) is 51.2 Å². The van der Waals surface area contributed by atoms with Crippen LogP contribution in [0.5, 0.6) is 0 Å². The molecule has 1 aliphatic rings. The second kappa shape index (κ2) is 5.96. The molecule has 1 unspecified atom stereocenters. The molecule has 1 rings (SSSR count). The summed E-state index contributed by atoms with van der Waals surface area (Å²) in [4.78, 5) is 11.4. The second-order valence-electron chi connectivity index (χ2n) is 5.56. The molecule has 100 valence electrons. The summed E-state index contributed by atoms with van der Waals surface area (Å²) in [5.41, 5.74) is -1.08. The fourth-order valence-electron chi connectivity index (χ4n) is 1.75. The van der Waals surface area contributed by atoms with E-state index in [1.54, 1.807) is 11.8 Å². The van der Waals surface area contributed by atoms with Crippen LogP contribution in [0.25, 0.3) is 0 Å². The number of nitrogens with one attached hydrogen (secondary N) is 1. The van der Waals surface area contributed by atoms with Crippen LogP contribution in [-0.4, -0.2) is 40.5 Å². The lowest BCUT2D eigenvalue weighted by Gasteiger charge is -2.31. The predicted octanol–water partition coefficient (Wildman–Crippen LogP) is 2.16. The number of thioether (sulfide) groups is 1. The highest BCUT2D eigenvalue weighted by molar-refractivity contribution is 7.99. The molecule has 0 spiro atoms. The van der Waals surface area contributed by atoms with E-state index in [1.807, 2.05) is 20.8 Å². The zero-order chi connectivity index (χ0) is 12.9. The molecule has 0 aromatic carbocycles. The van der Waals surface area contributed by atoms with Crippen molar-refractivity contribution >= 4 is 17.9 Å². The first-order valence-corrected chi connectivity index (χ1v) is 7.23.